The van der Waals surface area contributed by atoms with Gasteiger partial charge in [-0.15, -0.1) is 0 Å². The molecule has 0 radical (unpaired) electrons. The van der Waals surface area contributed by atoms with Crippen LogP contribution in [0.15, 0.2) is 24.3 Å². The molecule has 182 valence electrons. The lowest BCUT2D eigenvalue weighted by molar-refractivity contribution is -0.957. The van der Waals surface area contributed by atoms with E-state index in [4.69, 9.17) is 0 Å². The zero-order chi connectivity index (χ0) is 23.9. The van der Waals surface area contributed by atoms with Crippen LogP contribution < -0.4 is 10.1 Å². The van der Waals surface area contributed by atoms with Crippen LogP contribution in [0.4, 0.5) is 0 Å². The standard InChI is InChI=1S/C28H48N2O2/c1-25(2)17-23(18-26(3,4)29(25)31)15-13-21-9-11-22(12-10-21)14-16-24-19-27(5,6)30(32)28(7,8)20-24/h9-12,23-24,29-30H,13-20H2,1-8H3. The highest BCUT2D eigenvalue weighted by molar-refractivity contribution is 5.23. The minimum absolute atomic E-state index is 0.191. The van der Waals surface area contributed by atoms with Gasteiger partial charge in [-0.3, -0.25) is 0 Å². The van der Waals surface area contributed by atoms with E-state index >= 15 is 0 Å². The zero-order valence-corrected chi connectivity index (χ0v) is 21.9. The maximum atomic E-state index is 12.7. The van der Waals surface area contributed by atoms with Crippen molar-refractivity contribution in [1.29, 1.82) is 0 Å². The molecular weight excluding hydrogens is 396 g/mol. The molecule has 0 aliphatic carbocycles. The minimum atomic E-state index is -0.191. The van der Waals surface area contributed by atoms with E-state index in [-0.39, 0.29) is 22.2 Å². The molecule has 0 saturated carbocycles. The van der Waals surface area contributed by atoms with Crippen LogP contribution in [0.3, 0.4) is 0 Å². The highest BCUT2D eigenvalue weighted by Crippen LogP contribution is 2.33. The summed E-state index contributed by atoms with van der Waals surface area (Å²) in [4.78, 5) is 0. The van der Waals surface area contributed by atoms with Crippen LogP contribution in [0.5, 0.6) is 0 Å². The molecule has 0 unspecified atom stereocenters. The molecule has 4 nitrogen and oxygen atoms in total. The summed E-state index contributed by atoms with van der Waals surface area (Å²) in [5, 5.41) is 26.2. The Morgan fingerprint density at radius 2 is 0.844 bits per heavy atom. The monoisotopic (exact) mass is 444 g/mol. The van der Waals surface area contributed by atoms with Crippen molar-refractivity contribution in [2.24, 2.45) is 11.8 Å². The van der Waals surface area contributed by atoms with Gasteiger partial charge >= 0.3 is 0 Å². The molecule has 2 N–H and O–H groups in total. The van der Waals surface area contributed by atoms with Gasteiger partial charge in [0, 0.05) is 25.7 Å². The quantitative estimate of drug-likeness (QED) is 0.645. The van der Waals surface area contributed by atoms with Gasteiger partial charge in [-0.25, -0.2) is 0 Å². The summed E-state index contributed by atoms with van der Waals surface area (Å²) in [5.74, 6) is 1.25. The maximum Gasteiger partial charge on any atom is 0.0923 e. The van der Waals surface area contributed by atoms with Crippen LogP contribution in [0.25, 0.3) is 0 Å². The average molecular weight is 445 g/mol. The van der Waals surface area contributed by atoms with Crippen LogP contribution >= 0.6 is 0 Å². The van der Waals surface area contributed by atoms with Crippen LogP contribution in [0.1, 0.15) is 105 Å². The van der Waals surface area contributed by atoms with Crippen molar-refractivity contribution >= 4 is 0 Å². The van der Waals surface area contributed by atoms with E-state index in [2.05, 4.69) is 79.7 Å². The molecule has 2 saturated heterocycles. The first kappa shape index (κ1) is 25.7. The van der Waals surface area contributed by atoms with Crippen molar-refractivity contribution in [3.8, 4) is 0 Å². The van der Waals surface area contributed by atoms with Gasteiger partial charge < -0.3 is 20.5 Å². The molecule has 1 aromatic rings. The smallest absolute Gasteiger partial charge is 0.0923 e. The van der Waals surface area contributed by atoms with Crippen molar-refractivity contribution < 1.29 is 10.1 Å². The van der Waals surface area contributed by atoms with Crippen LogP contribution in [-0.4, -0.2) is 22.2 Å². The Balaban J connectivity index is 1.51. The number of quaternary nitrogens is 2. The van der Waals surface area contributed by atoms with Crippen LogP contribution in [-0.2, 0) is 12.8 Å². The molecule has 2 aliphatic rings. The Kier molecular flexibility index (Phi) is 7.24. The second-order valence-corrected chi connectivity index (χ2v) is 13.6. The molecule has 2 fully saturated rings. The number of aryl methyl sites for hydroxylation is 2. The molecule has 0 bridgehead atoms. The van der Waals surface area contributed by atoms with Gasteiger partial charge in [0.15, 0.2) is 0 Å². The number of hydroxylamine groups is 4. The van der Waals surface area contributed by atoms with Crippen molar-refractivity contribution in [3.63, 3.8) is 0 Å². The van der Waals surface area contributed by atoms with Crippen molar-refractivity contribution in [2.45, 2.75) is 129 Å². The molecule has 3 rings (SSSR count). The van der Waals surface area contributed by atoms with Crippen molar-refractivity contribution in [3.05, 3.63) is 45.8 Å². The minimum Gasteiger partial charge on any atom is -0.634 e. The maximum absolute atomic E-state index is 12.7. The largest absolute Gasteiger partial charge is 0.634 e. The highest BCUT2D eigenvalue weighted by Gasteiger charge is 2.45. The number of rotatable bonds is 6. The fourth-order valence-electron chi connectivity index (χ4n) is 7.26. The van der Waals surface area contributed by atoms with E-state index < -0.39 is 0 Å². The third-order valence-electron chi connectivity index (χ3n) is 8.36. The molecule has 0 aromatic heterocycles. The molecule has 0 atom stereocenters. The summed E-state index contributed by atoms with van der Waals surface area (Å²) in [6.45, 7) is 17.0. The van der Waals surface area contributed by atoms with Crippen molar-refractivity contribution in [1.82, 2.24) is 0 Å². The van der Waals surface area contributed by atoms with E-state index in [9.17, 15) is 10.4 Å². The molecule has 2 aliphatic heterocycles. The fraction of sp³-hybridized carbons (Fsp3) is 0.786. The van der Waals surface area contributed by atoms with E-state index in [0.29, 0.717) is 22.0 Å². The number of benzene rings is 1. The summed E-state index contributed by atoms with van der Waals surface area (Å²) in [7, 11) is 0. The number of hydrogen-bond donors (Lipinski definition) is 2. The Labute approximate surface area is 196 Å². The number of nitrogens with one attached hydrogen (secondary N) is 2. The normalized spacial score (nSPS) is 33.1. The molecule has 0 spiro atoms. The Morgan fingerprint density at radius 1 is 0.594 bits per heavy atom. The second-order valence-electron chi connectivity index (χ2n) is 13.6. The fourth-order valence-corrected chi connectivity index (χ4v) is 7.26. The van der Waals surface area contributed by atoms with E-state index in [1.165, 1.54) is 24.0 Å². The topological polar surface area (TPSA) is 55.0 Å². The SMILES string of the molecule is CC1(C)CC(CCc2ccc(CCC3CC(C)(C)[NH+]([O-])C(C)(C)C3)cc2)CC(C)(C)[NH+]1[O-]. The second kappa shape index (κ2) is 9.02. The molecule has 1 aromatic carbocycles. The summed E-state index contributed by atoms with van der Waals surface area (Å²) in [6.07, 6.45) is 8.60. The number of piperidine rings is 2. The third-order valence-corrected chi connectivity index (χ3v) is 8.36. The van der Waals surface area contributed by atoms with Crippen molar-refractivity contribution in [2.75, 3.05) is 0 Å². The Morgan fingerprint density at radius 3 is 1.09 bits per heavy atom. The first-order chi connectivity index (χ1) is 14.6. The van der Waals surface area contributed by atoms with Gasteiger partial charge in [-0.2, -0.15) is 0 Å². The summed E-state index contributed by atoms with van der Waals surface area (Å²) in [5.41, 5.74) is 2.05. The van der Waals surface area contributed by atoms with Gasteiger partial charge in [0.1, 0.15) is 0 Å². The van der Waals surface area contributed by atoms with Crippen LogP contribution in [0.2, 0.25) is 0 Å². The lowest BCUT2D eigenvalue weighted by atomic mass is 9.73. The summed E-state index contributed by atoms with van der Waals surface area (Å²) >= 11 is 0. The summed E-state index contributed by atoms with van der Waals surface area (Å²) in [6, 6.07) is 9.21. The van der Waals surface area contributed by atoms with E-state index in [0.717, 1.165) is 38.5 Å². The predicted octanol–water partition coefficient (Wildman–Crippen LogP) is 4.25. The van der Waals surface area contributed by atoms with E-state index in [1.54, 1.807) is 0 Å². The molecular formula is C28H48N2O2. The number of hydrogen-bond acceptors (Lipinski definition) is 2. The zero-order valence-electron chi connectivity index (χ0n) is 21.9. The van der Waals surface area contributed by atoms with Gasteiger partial charge in [-0.1, -0.05) is 24.3 Å². The molecule has 32 heavy (non-hydrogen) atoms. The van der Waals surface area contributed by atoms with E-state index in [1.807, 2.05) is 0 Å². The molecule has 4 heteroatoms. The van der Waals surface area contributed by atoms with Crippen LogP contribution in [0, 0.1) is 22.3 Å². The predicted molar refractivity (Wildman–Crippen MR) is 134 cm³/mol. The first-order valence-electron chi connectivity index (χ1n) is 12.8. The molecule has 0 amide bonds. The summed E-state index contributed by atoms with van der Waals surface area (Å²) < 4.78 is 0. The third kappa shape index (κ3) is 5.75. The van der Waals surface area contributed by atoms with Gasteiger partial charge in [0.2, 0.25) is 0 Å². The Bertz CT molecular complexity index is 665. The highest BCUT2D eigenvalue weighted by atomic mass is 16.5. The first-order valence-corrected chi connectivity index (χ1v) is 12.8. The lowest BCUT2D eigenvalue weighted by Crippen LogP contribution is -3.23. The van der Waals surface area contributed by atoms with Gasteiger partial charge in [0.25, 0.3) is 0 Å². The molecule has 2 heterocycles. The lowest BCUT2D eigenvalue weighted by Gasteiger charge is -2.54. The van der Waals surface area contributed by atoms with Gasteiger partial charge in [0.05, 0.1) is 22.2 Å². The Hall–Kier alpha value is -0.940. The van der Waals surface area contributed by atoms with Gasteiger partial charge in [-0.05, 0) is 104 Å². The average Bonchev–Trinajstić information content (AvgIpc) is 2.67.